The van der Waals surface area contributed by atoms with Crippen LogP contribution in [0.5, 0.6) is 0 Å². The molecule has 0 saturated carbocycles. The zero-order chi connectivity index (χ0) is 18.0. The third kappa shape index (κ3) is 3.55. The number of hydrogen-bond acceptors (Lipinski definition) is 4. The van der Waals surface area contributed by atoms with Gasteiger partial charge in [0.2, 0.25) is 0 Å². The maximum Gasteiger partial charge on any atom is 0.337 e. The second kappa shape index (κ2) is 7.29. The molecule has 1 unspecified atom stereocenters. The fourth-order valence-electron chi connectivity index (χ4n) is 2.84. The molecule has 25 heavy (non-hydrogen) atoms. The van der Waals surface area contributed by atoms with E-state index < -0.39 is 12.0 Å². The Morgan fingerprint density at radius 1 is 1.36 bits per heavy atom. The molecule has 0 bridgehead atoms. The van der Waals surface area contributed by atoms with E-state index in [4.69, 9.17) is 16.3 Å². The number of allylic oxidation sites excluding steroid dienone is 1. The van der Waals surface area contributed by atoms with Crippen LogP contribution < -0.4 is 5.32 Å². The second-order valence-electron chi connectivity index (χ2n) is 5.59. The highest BCUT2D eigenvalue weighted by atomic mass is 35.5. The van der Waals surface area contributed by atoms with Crippen molar-refractivity contribution in [2.24, 2.45) is 0 Å². The molecule has 2 heterocycles. The number of nitrogens with one attached hydrogen (secondary N) is 1. The zero-order valence-electron chi connectivity index (χ0n) is 13.8. The van der Waals surface area contributed by atoms with Gasteiger partial charge in [0.05, 0.1) is 25.3 Å². The third-order valence-corrected chi connectivity index (χ3v) is 5.17. The minimum Gasteiger partial charge on any atom is -0.466 e. The maximum absolute atomic E-state index is 12.7. The fraction of sp³-hybridized carbons (Fsp3) is 0.222. The van der Waals surface area contributed by atoms with Crippen LogP contribution in [0.25, 0.3) is 0 Å². The summed E-state index contributed by atoms with van der Waals surface area (Å²) in [6, 6.07) is 10.1. The first-order chi connectivity index (χ1) is 12.0. The molecule has 1 aromatic heterocycles. The Morgan fingerprint density at radius 2 is 2.16 bits per heavy atom. The summed E-state index contributed by atoms with van der Waals surface area (Å²) in [5.74, 6) is -0.473. The molecule has 2 aromatic rings. The minimum atomic E-state index is -0.599. The van der Waals surface area contributed by atoms with E-state index >= 15 is 0 Å². The van der Waals surface area contributed by atoms with Crippen LogP contribution in [0.15, 0.2) is 53.0 Å². The first-order valence-electron chi connectivity index (χ1n) is 7.66. The van der Waals surface area contributed by atoms with Crippen molar-refractivity contribution in [2.45, 2.75) is 19.5 Å². The highest BCUT2D eigenvalue weighted by Crippen LogP contribution is 2.33. The molecular weight excluding hydrogens is 360 g/mol. The van der Waals surface area contributed by atoms with Gasteiger partial charge in [-0.15, -0.1) is 11.3 Å². The van der Waals surface area contributed by atoms with Crippen molar-refractivity contribution in [2.75, 3.05) is 7.11 Å². The lowest BCUT2D eigenvalue weighted by molar-refractivity contribution is -0.136. The number of esters is 1. The van der Waals surface area contributed by atoms with Crippen LogP contribution in [0.4, 0.5) is 4.79 Å². The van der Waals surface area contributed by atoms with Crippen molar-refractivity contribution in [3.8, 4) is 0 Å². The van der Waals surface area contributed by atoms with Crippen molar-refractivity contribution in [3.63, 3.8) is 0 Å². The van der Waals surface area contributed by atoms with Crippen LogP contribution in [0.1, 0.15) is 23.4 Å². The summed E-state index contributed by atoms with van der Waals surface area (Å²) in [6.45, 7) is 2.16. The van der Waals surface area contributed by atoms with Gasteiger partial charge in [-0.25, -0.2) is 9.59 Å². The Balaban J connectivity index is 2.04. The molecule has 0 spiro atoms. The van der Waals surface area contributed by atoms with Crippen molar-refractivity contribution in [1.82, 2.24) is 10.2 Å². The molecule has 2 amide bonds. The summed E-state index contributed by atoms with van der Waals surface area (Å²) in [7, 11) is 1.33. The van der Waals surface area contributed by atoms with Gasteiger partial charge in [-0.2, -0.15) is 0 Å². The van der Waals surface area contributed by atoms with E-state index in [0.717, 1.165) is 10.4 Å². The molecule has 1 atom stereocenters. The van der Waals surface area contributed by atoms with Gasteiger partial charge in [-0.1, -0.05) is 29.8 Å². The summed E-state index contributed by atoms with van der Waals surface area (Å²) in [5, 5.41) is 5.38. The quantitative estimate of drug-likeness (QED) is 0.817. The monoisotopic (exact) mass is 376 g/mol. The van der Waals surface area contributed by atoms with Gasteiger partial charge < -0.3 is 10.1 Å². The van der Waals surface area contributed by atoms with E-state index in [9.17, 15) is 9.59 Å². The van der Waals surface area contributed by atoms with Crippen molar-refractivity contribution in [1.29, 1.82) is 0 Å². The third-order valence-electron chi connectivity index (χ3n) is 4.08. The smallest absolute Gasteiger partial charge is 0.337 e. The number of hydrogen-bond donors (Lipinski definition) is 1. The summed E-state index contributed by atoms with van der Waals surface area (Å²) >= 11 is 7.62. The van der Waals surface area contributed by atoms with Crippen molar-refractivity contribution >= 4 is 34.9 Å². The number of carbonyl (C=O) groups excluding carboxylic acids is 2. The molecule has 3 rings (SSSR count). The van der Waals surface area contributed by atoms with Gasteiger partial charge in [0.25, 0.3) is 0 Å². The lowest BCUT2D eigenvalue weighted by Gasteiger charge is -2.35. The number of thiophene rings is 1. The first-order valence-corrected chi connectivity index (χ1v) is 8.92. The molecular formula is C18H17ClN2O3S. The molecule has 7 heteroatoms. The lowest BCUT2D eigenvalue weighted by Crippen LogP contribution is -2.47. The Morgan fingerprint density at radius 3 is 2.80 bits per heavy atom. The number of urea groups is 1. The molecule has 1 aliphatic rings. The van der Waals surface area contributed by atoms with Gasteiger partial charge in [-0.05, 0) is 36.1 Å². The highest BCUT2D eigenvalue weighted by molar-refractivity contribution is 7.09. The Kier molecular flexibility index (Phi) is 5.11. The number of amides is 2. The SMILES string of the molecule is COC(=O)C1=C(C)N(Cc2cccs2)C(=O)NC1c1cccc(Cl)c1. The predicted molar refractivity (Wildman–Crippen MR) is 97.3 cm³/mol. The number of nitrogens with zero attached hydrogens (tertiary/aromatic N) is 1. The molecule has 1 aromatic carbocycles. The van der Waals surface area contributed by atoms with E-state index in [1.165, 1.54) is 7.11 Å². The summed E-state index contributed by atoms with van der Waals surface area (Å²) in [6.07, 6.45) is 0. The zero-order valence-corrected chi connectivity index (χ0v) is 15.4. The molecule has 1 aliphatic heterocycles. The topological polar surface area (TPSA) is 58.6 Å². The first kappa shape index (κ1) is 17.5. The van der Waals surface area contributed by atoms with Crippen LogP contribution in [-0.4, -0.2) is 24.0 Å². The van der Waals surface area contributed by atoms with Gasteiger partial charge in [0.1, 0.15) is 0 Å². The Bertz CT molecular complexity index is 833. The average Bonchev–Trinajstić information content (AvgIpc) is 3.10. The molecule has 1 N–H and O–H groups in total. The van der Waals surface area contributed by atoms with Crippen molar-refractivity contribution < 1.29 is 14.3 Å². The molecule has 130 valence electrons. The van der Waals surface area contributed by atoms with E-state index in [1.807, 2.05) is 23.6 Å². The number of benzene rings is 1. The predicted octanol–water partition coefficient (Wildman–Crippen LogP) is 4.12. The minimum absolute atomic E-state index is 0.261. The standard InChI is InChI=1S/C18H17ClN2O3S/c1-11-15(17(22)24-2)16(12-5-3-6-13(19)9-12)20-18(23)21(11)10-14-7-4-8-25-14/h3-9,16H,10H2,1-2H3,(H,20,23). The number of carbonyl (C=O) groups is 2. The largest absolute Gasteiger partial charge is 0.466 e. The second-order valence-corrected chi connectivity index (χ2v) is 7.06. The van der Waals surface area contributed by atoms with Crippen molar-refractivity contribution in [3.05, 3.63) is 68.5 Å². The van der Waals surface area contributed by atoms with Gasteiger partial charge >= 0.3 is 12.0 Å². The maximum atomic E-state index is 12.7. The Labute approximate surface area is 154 Å². The number of halogens is 1. The van der Waals surface area contributed by atoms with Crippen LogP contribution in [-0.2, 0) is 16.1 Å². The highest BCUT2D eigenvalue weighted by Gasteiger charge is 2.36. The van der Waals surface area contributed by atoms with E-state index in [0.29, 0.717) is 22.8 Å². The number of ether oxygens (including phenoxy) is 1. The molecule has 0 fully saturated rings. The summed E-state index contributed by atoms with van der Waals surface area (Å²) < 4.78 is 4.96. The summed E-state index contributed by atoms with van der Waals surface area (Å²) in [5.41, 5.74) is 1.71. The lowest BCUT2D eigenvalue weighted by atomic mass is 9.95. The number of methoxy groups -OCH3 is 1. The fourth-order valence-corrected chi connectivity index (χ4v) is 3.73. The van der Waals surface area contributed by atoms with Crippen LogP contribution in [0.3, 0.4) is 0 Å². The van der Waals surface area contributed by atoms with Crippen LogP contribution >= 0.6 is 22.9 Å². The van der Waals surface area contributed by atoms with Gasteiger partial charge in [-0.3, -0.25) is 4.90 Å². The summed E-state index contributed by atoms with van der Waals surface area (Å²) in [4.78, 5) is 27.7. The van der Waals surface area contributed by atoms with E-state index in [1.54, 1.807) is 41.4 Å². The van der Waals surface area contributed by atoms with Gasteiger partial charge in [0, 0.05) is 15.6 Å². The molecule has 0 saturated heterocycles. The average molecular weight is 377 g/mol. The molecule has 0 radical (unpaired) electrons. The molecule has 5 nitrogen and oxygen atoms in total. The van der Waals surface area contributed by atoms with E-state index in [-0.39, 0.29) is 6.03 Å². The number of rotatable bonds is 4. The Hall–Kier alpha value is -2.31. The van der Waals surface area contributed by atoms with Crippen LogP contribution in [0, 0.1) is 0 Å². The van der Waals surface area contributed by atoms with E-state index in [2.05, 4.69) is 5.32 Å². The van der Waals surface area contributed by atoms with Crippen LogP contribution in [0.2, 0.25) is 5.02 Å². The molecule has 0 aliphatic carbocycles. The normalized spacial score (nSPS) is 17.5. The van der Waals surface area contributed by atoms with Gasteiger partial charge in [0.15, 0.2) is 0 Å².